The van der Waals surface area contributed by atoms with Gasteiger partial charge in [-0.2, -0.15) is 0 Å². The van der Waals surface area contributed by atoms with Crippen LogP contribution in [0.15, 0.2) is 17.1 Å². The number of carbonyl (C=O) groups is 1. The zero-order chi connectivity index (χ0) is 18.9. The lowest BCUT2D eigenvalue weighted by Gasteiger charge is -2.07. The minimum Gasteiger partial charge on any atom is -0.448 e. The van der Waals surface area contributed by atoms with Gasteiger partial charge in [0.15, 0.2) is 0 Å². The van der Waals surface area contributed by atoms with Crippen molar-refractivity contribution in [1.82, 2.24) is 0 Å². The Bertz CT molecular complexity index is 420. The van der Waals surface area contributed by atoms with E-state index in [0.29, 0.717) is 19.6 Å². The number of aliphatic hydroxyl groups excluding tert-OH is 1. The number of allylic oxidation sites excluding steroid dienone is 1. The number of carbonyl (C=O) groups excluding carboxylic acids is 1. The normalized spacial score (nSPS) is 15.1. The van der Waals surface area contributed by atoms with Gasteiger partial charge in [-0.3, -0.25) is 4.79 Å². The molecule has 0 aromatic heterocycles. The highest BCUT2D eigenvalue weighted by atomic mass is 16.7. The minimum atomic E-state index is -0.248. The molecule has 0 amide bonds. The Kier molecular flexibility index (Phi) is 13.8. The summed E-state index contributed by atoms with van der Waals surface area (Å²) in [6.45, 7) is 3.29. The van der Waals surface area contributed by atoms with Crippen LogP contribution in [0.1, 0.15) is 90.4 Å². The topological polar surface area (TPSA) is 68.1 Å². The molecular weight excluding hydrogens is 330 g/mol. The van der Waals surface area contributed by atoms with Crippen LogP contribution in [-0.4, -0.2) is 36.4 Å². The van der Waals surface area contributed by atoms with E-state index >= 15 is 0 Å². The minimum absolute atomic E-state index is 0.132. The van der Waals surface area contributed by atoms with Crippen LogP contribution in [0.5, 0.6) is 0 Å². The van der Waals surface area contributed by atoms with Crippen molar-refractivity contribution in [1.29, 1.82) is 0 Å². The second-order valence-corrected chi connectivity index (χ2v) is 6.99. The van der Waals surface area contributed by atoms with E-state index in [9.17, 15) is 9.90 Å². The zero-order valence-corrected chi connectivity index (χ0v) is 16.5. The van der Waals surface area contributed by atoms with Gasteiger partial charge < -0.3 is 14.6 Å². The lowest BCUT2D eigenvalue weighted by atomic mass is 10.1. The Hall–Kier alpha value is -1.36. The molecule has 1 unspecified atom stereocenters. The fourth-order valence-electron chi connectivity index (χ4n) is 2.88. The van der Waals surface area contributed by atoms with E-state index in [0.717, 1.165) is 51.4 Å². The molecule has 0 aromatic carbocycles. The lowest BCUT2D eigenvalue weighted by Crippen LogP contribution is -2.12. The summed E-state index contributed by atoms with van der Waals surface area (Å²) in [4.78, 5) is 15.5. The SMILES string of the molecule is CCCCCCC(O)C/C=C\CCCCCCCC(=O)OC1=NCCO1. The summed E-state index contributed by atoms with van der Waals surface area (Å²) in [7, 11) is 0. The first kappa shape index (κ1) is 22.7. The molecule has 1 aliphatic heterocycles. The highest BCUT2D eigenvalue weighted by Crippen LogP contribution is 2.11. The average Bonchev–Trinajstić information content (AvgIpc) is 3.13. The Labute approximate surface area is 158 Å². The van der Waals surface area contributed by atoms with Gasteiger partial charge in [-0.25, -0.2) is 4.99 Å². The Balaban J connectivity index is 1.84. The van der Waals surface area contributed by atoms with E-state index in [-0.39, 0.29) is 18.2 Å². The summed E-state index contributed by atoms with van der Waals surface area (Å²) in [5, 5.41) is 9.88. The van der Waals surface area contributed by atoms with Crippen molar-refractivity contribution >= 4 is 12.1 Å². The van der Waals surface area contributed by atoms with Gasteiger partial charge in [-0.1, -0.05) is 64.0 Å². The van der Waals surface area contributed by atoms with E-state index in [2.05, 4.69) is 24.1 Å². The summed E-state index contributed by atoms with van der Waals surface area (Å²) in [5.41, 5.74) is 0. The Morgan fingerprint density at radius 1 is 1.15 bits per heavy atom. The van der Waals surface area contributed by atoms with E-state index in [1.165, 1.54) is 25.7 Å². The van der Waals surface area contributed by atoms with Gasteiger partial charge in [-0.15, -0.1) is 0 Å². The highest BCUT2D eigenvalue weighted by molar-refractivity contribution is 5.84. The van der Waals surface area contributed by atoms with Crippen molar-refractivity contribution in [3.8, 4) is 0 Å². The predicted octanol–water partition coefficient (Wildman–Crippen LogP) is 4.92. The molecule has 0 saturated heterocycles. The molecule has 26 heavy (non-hydrogen) atoms. The number of aliphatic imine (C=N–C) groups is 1. The van der Waals surface area contributed by atoms with Crippen molar-refractivity contribution < 1.29 is 19.4 Å². The number of esters is 1. The Morgan fingerprint density at radius 2 is 1.92 bits per heavy atom. The van der Waals surface area contributed by atoms with Crippen molar-refractivity contribution in [2.45, 2.75) is 96.5 Å². The van der Waals surface area contributed by atoms with Crippen molar-refractivity contribution in [2.75, 3.05) is 13.2 Å². The summed E-state index contributed by atoms with van der Waals surface area (Å²) in [5.74, 6) is -0.248. The van der Waals surface area contributed by atoms with Crippen molar-refractivity contribution in [3.05, 3.63) is 12.2 Å². The van der Waals surface area contributed by atoms with E-state index in [1.54, 1.807) is 0 Å². The quantitative estimate of drug-likeness (QED) is 0.253. The molecule has 1 atom stereocenters. The molecule has 0 spiro atoms. The van der Waals surface area contributed by atoms with Gasteiger partial charge >= 0.3 is 12.1 Å². The van der Waals surface area contributed by atoms with Crippen molar-refractivity contribution in [3.63, 3.8) is 0 Å². The van der Waals surface area contributed by atoms with E-state index in [1.807, 2.05) is 0 Å². The van der Waals surface area contributed by atoms with Crippen LogP contribution in [0.25, 0.3) is 0 Å². The first-order valence-electron chi connectivity index (χ1n) is 10.4. The maximum absolute atomic E-state index is 11.5. The largest absolute Gasteiger partial charge is 0.448 e. The molecule has 5 nitrogen and oxygen atoms in total. The Morgan fingerprint density at radius 3 is 2.69 bits per heavy atom. The van der Waals surface area contributed by atoms with Gasteiger partial charge in [0.1, 0.15) is 6.61 Å². The third kappa shape index (κ3) is 12.9. The second-order valence-electron chi connectivity index (χ2n) is 6.99. The molecule has 1 heterocycles. The summed E-state index contributed by atoms with van der Waals surface area (Å²) >= 11 is 0. The molecule has 0 aliphatic carbocycles. The number of ether oxygens (including phenoxy) is 2. The average molecular weight is 368 g/mol. The summed E-state index contributed by atoms with van der Waals surface area (Å²) in [6.07, 6.45) is 17.7. The number of rotatable bonds is 15. The van der Waals surface area contributed by atoms with Gasteiger partial charge in [0, 0.05) is 6.42 Å². The van der Waals surface area contributed by atoms with Crippen LogP contribution in [-0.2, 0) is 14.3 Å². The van der Waals surface area contributed by atoms with Crippen LogP contribution < -0.4 is 0 Å². The first-order valence-corrected chi connectivity index (χ1v) is 10.4. The van der Waals surface area contributed by atoms with E-state index in [4.69, 9.17) is 9.47 Å². The van der Waals surface area contributed by atoms with Gasteiger partial charge in [0.25, 0.3) is 0 Å². The van der Waals surface area contributed by atoms with Crippen LogP contribution in [0.3, 0.4) is 0 Å². The molecule has 5 heteroatoms. The molecule has 0 fully saturated rings. The highest BCUT2D eigenvalue weighted by Gasteiger charge is 2.13. The standard InChI is InChI=1S/C21H37NO4/c1-2-3-4-11-14-19(23)15-12-9-7-5-6-8-10-13-16-20(24)26-21-22-17-18-25-21/h9,12,19,23H,2-8,10-11,13-18H2,1H3/b12-9-. The second kappa shape index (κ2) is 15.9. The maximum atomic E-state index is 11.5. The van der Waals surface area contributed by atoms with Gasteiger partial charge in [-0.05, 0) is 32.1 Å². The predicted molar refractivity (Wildman–Crippen MR) is 105 cm³/mol. The fourth-order valence-corrected chi connectivity index (χ4v) is 2.88. The molecule has 1 N–H and O–H groups in total. The molecule has 0 bridgehead atoms. The van der Waals surface area contributed by atoms with Crippen LogP contribution in [0.2, 0.25) is 0 Å². The third-order valence-electron chi connectivity index (χ3n) is 4.48. The summed E-state index contributed by atoms with van der Waals surface area (Å²) in [6, 6.07) is 0. The smallest absolute Gasteiger partial charge is 0.391 e. The molecule has 0 aromatic rings. The maximum Gasteiger partial charge on any atom is 0.391 e. The van der Waals surface area contributed by atoms with Crippen molar-refractivity contribution in [2.24, 2.45) is 4.99 Å². The molecule has 150 valence electrons. The molecule has 1 rings (SSSR count). The monoisotopic (exact) mass is 367 g/mol. The molecule has 1 aliphatic rings. The third-order valence-corrected chi connectivity index (χ3v) is 4.48. The van der Waals surface area contributed by atoms with Crippen LogP contribution >= 0.6 is 0 Å². The van der Waals surface area contributed by atoms with Gasteiger partial charge in [0.05, 0.1) is 12.6 Å². The summed E-state index contributed by atoms with van der Waals surface area (Å²) < 4.78 is 10.0. The molecule has 0 saturated carbocycles. The van der Waals surface area contributed by atoms with Crippen LogP contribution in [0, 0.1) is 0 Å². The fraction of sp³-hybridized carbons (Fsp3) is 0.810. The number of unbranched alkanes of at least 4 members (excludes halogenated alkanes) is 8. The molecular formula is C21H37NO4. The van der Waals surface area contributed by atoms with E-state index < -0.39 is 0 Å². The van der Waals surface area contributed by atoms with Crippen LogP contribution in [0.4, 0.5) is 0 Å². The van der Waals surface area contributed by atoms with Gasteiger partial charge in [0.2, 0.25) is 0 Å². The number of nitrogens with zero attached hydrogens (tertiary/aromatic N) is 1. The number of hydrogen-bond acceptors (Lipinski definition) is 5. The number of hydrogen-bond donors (Lipinski definition) is 1. The lowest BCUT2D eigenvalue weighted by molar-refractivity contribution is -0.137. The first-order chi connectivity index (χ1) is 12.7. The number of aliphatic hydroxyl groups is 1. The molecule has 0 radical (unpaired) electrons. The zero-order valence-electron chi connectivity index (χ0n) is 16.5.